The largest absolute Gasteiger partial charge is 0.355 e. The average Bonchev–Trinajstić information content (AvgIpc) is 2.97. The summed E-state index contributed by atoms with van der Waals surface area (Å²) in [5.74, 6) is -1.34. The van der Waals surface area contributed by atoms with Gasteiger partial charge in [0.15, 0.2) is 5.65 Å². The average molecular weight is 591 g/mol. The number of hydrogen-bond acceptors (Lipinski definition) is 7. The van der Waals surface area contributed by atoms with Gasteiger partial charge >= 0.3 is 5.69 Å². The first-order chi connectivity index (χ1) is 20.0. The second kappa shape index (κ2) is 11.6. The molecule has 8 nitrogen and oxygen atoms in total. The molecule has 1 amide bonds. The molecule has 11 heteroatoms. The standard InChI is InChI=1S/C31H32F2N6O2S/c1-7-25(40)37-12-13-38(19(5)16-37)29-22-15-24(33)27(21-14-20(42-6)8-9-23(21)32)35-30(22)39(31(41)36-29)28-18(4)10-11-34-26(28)17(2)3/h7-11,14-15,17,19H,1,12-13,16H2,2-6H3/t19-/m0/s1. The number of hydrogen-bond donors (Lipinski definition) is 0. The van der Waals surface area contributed by atoms with Gasteiger partial charge in [0.25, 0.3) is 0 Å². The van der Waals surface area contributed by atoms with Gasteiger partial charge in [-0.1, -0.05) is 20.4 Å². The van der Waals surface area contributed by atoms with Crippen molar-refractivity contribution in [3.05, 3.63) is 82.6 Å². The Balaban J connectivity index is 1.82. The van der Waals surface area contributed by atoms with E-state index in [0.29, 0.717) is 36.4 Å². The van der Waals surface area contributed by atoms with Gasteiger partial charge in [0.1, 0.15) is 23.1 Å². The van der Waals surface area contributed by atoms with E-state index in [9.17, 15) is 9.59 Å². The number of amides is 1. The predicted octanol–water partition coefficient (Wildman–Crippen LogP) is 5.50. The fraction of sp³-hybridized carbons (Fsp3) is 0.323. The Kier molecular flexibility index (Phi) is 8.14. The molecule has 4 heterocycles. The first-order valence-corrected chi connectivity index (χ1v) is 14.9. The van der Waals surface area contributed by atoms with E-state index >= 15 is 8.78 Å². The molecule has 5 rings (SSSR count). The summed E-state index contributed by atoms with van der Waals surface area (Å²) in [6, 6.07) is 7.28. The van der Waals surface area contributed by atoms with Crippen LogP contribution in [0.2, 0.25) is 0 Å². The molecule has 0 radical (unpaired) electrons. The van der Waals surface area contributed by atoms with Crippen LogP contribution in [0.1, 0.15) is 37.9 Å². The number of carbonyl (C=O) groups is 1. The number of halogens is 2. The number of benzene rings is 1. The highest BCUT2D eigenvalue weighted by Crippen LogP contribution is 2.35. The number of pyridine rings is 2. The van der Waals surface area contributed by atoms with Crippen molar-refractivity contribution in [3.63, 3.8) is 0 Å². The number of carbonyl (C=O) groups excluding carboxylic acids is 1. The van der Waals surface area contributed by atoms with Gasteiger partial charge in [0, 0.05) is 42.3 Å². The molecule has 42 heavy (non-hydrogen) atoms. The highest BCUT2D eigenvalue weighted by molar-refractivity contribution is 7.98. The van der Waals surface area contributed by atoms with Crippen LogP contribution < -0.4 is 10.6 Å². The van der Waals surface area contributed by atoms with Crippen molar-refractivity contribution in [1.82, 2.24) is 24.4 Å². The number of piperazine rings is 1. The fourth-order valence-electron chi connectivity index (χ4n) is 5.41. The van der Waals surface area contributed by atoms with Gasteiger partial charge in [-0.2, -0.15) is 4.98 Å². The first-order valence-electron chi connectivity index (χ1n) is 13.7. The van der Waals surface area contributed by atoms with Gasteiger partial charge in [-0.05, 0) is 68.0 Å². The number of anilines is 1. The van der Waals surface area contributed by atoms with Crippen molar-refractivity contribution in [2.24, 2.45) is 0 Å². The SMILES string of the molecule is C=CC(=O)N1CCN(c2nc(=O)n(-c3c(C)ccnc3C(C)C)c3nc(-c4cc(SC)ccc4F)c(F)cc23)[C@@H](C)C1. The smallest absolute Gasteiger partial charge is 0.350 e. The fourth-order valence-corrected chi connectivity index (χ4v) is 5.85. The van der Waals surface area contributed by atoms with Crippen LogP contribution in [0.5, 0.6) is 0 Å². The molecule has 0 bridgehead atoms. The van der Waals surface area contributed by atoms with Crippen molar-refractivity contribution < 1.29 is 13.6 Å². The van der Waals surface area contributed by atoms with Crippen LogP contribution in [-0.2, 0) is 4.79 Å². The Morgan fingerprint density at radius 1 is 1.14 bits per heavy atom. The van der Waals surface area contributed by atoms with Crippen LogP contribution in [0.4, 0.5) is 14.6 Å². The number of thioether (sulfide) groups is 1. The van der Waals surface area contributed by atoms with Crippen molar-refractivity contribution in [2.75, 3.05) is 30.8 Å². The molecule has 0 spiro atoms. The third-order valence-electron chi connectivity index (χ3n) is 7.54. The van der Waals surface area contributed by atoms with Gasteiger partial charge < -0.3 is 9.80 Å². The zero-order valence-electron chi connectivity index (χ0n) is 24.2. The van der Waals surface area contributed by atoms with E-state index in [1.807, 2.05) is 38.9 Å². The van der Waals surface area contributed by atoms with E-state index in [-0.39, 0.29) is 40.6 Å². The zero-order chi connectivity index (χ0) is 30.3. The summed E-state index contributed by atoms with van der Waals surface area (Å²) in [7, 11) is 0. The first kappa shape index (κ1) is 29.4. The molecule has 1 aliphatic rings. The summed E-state index contributed by atoms with van der Waals surface area (Å²) in [4.78, 5) is 44.2. The Hall–Kier alpha value is -4.12. The van der Waals surface area contributed by atoms with Gasteiger partial charge in [0.05, 0.1) is 16.8 Å². The maximum absolute atomic E-state index is 16.0. The van der Waals surface area contributed by atoms with Crippen LogP contribution in [0.15, 0.2) is 58.9 Å². The number of fused-ring (bicyclic) bond motifs is 1. The van der Waals surface area contributed by atoms with E-state index in [4.69, 9.17) is 0 Å². The van der Waals surface area contributed by atoms with Crippen LogP contribution in [0.3, 0.4) is 0 Å². The Morgan fingerprint density at radius 3 is 2.57 bits per heavy atom. The third-order valence-corrected chi connectivity index (χ3v) is 8.27. The molecule has 4 aromatic rings. The van der Waals surface area contributed by atoms with E-state index < -0.39 is 17.3 Å². The minimum absolute atomic E-state index is 0.00415. The van der Waals surface area contributed by atoms with E-state index in [1.165, 1.54) is 34.5 Å². The number of nitrogens with zero attached hydrogens (tertiary/aromatic N) is 6. The molecule has 218 valence electrons. The van der Waals surface area contributed by atoms with Crippen LogP contribution in [0.25, 0.3) is 28.0 Å². The van der Waals surface area contributed by atoms with E-state index in [2.05, 4.69) is 21.5 Å². The lowest BCUT2D eigenvalue weighted by molar-refractivity contribution is -0.126. The highest BCUT2D eigenvalue weighted by Gasteiger charge is 2.30. The topological polar surface area (TPSA) is 84.2 Å². The normalized spacial score (nSPS) is 15.5. The van der Waals surface area contributed by atoms with Crippen molar-refractivity contribution in [2.45, 2.75) is 44.6 Å². The lowest BCUT2D eigenvalue weighted by atomic mass is 10.0. The number of aromatic nitrogens is 4. The summed E-state index contributed by atoms with van der Waals surface area (Å²) in [5, 5.41) is 0.297. The van der Waals surface area contributed by atoms with E-state index in [1.54, 1.807) is 29.3 Å². The van der Waals surface area contributed by atoms with Gasteiger partial charge in [0.2, 0.25) is 5.91 Å². The van der Waals surface area contributed by atoms with Crippen LogP contribution in [0, 0.1) is 18.6 Å². The summed E-state index contributed by atoms with van der Waals surface area (Å²) >= 11 is 1.40. The molecule has 1 atom stereocenters. The molecule has 0 saturated carbocycles. The molecule has 1 saturated heterocycles. The van der Waals surface area contributed by atoms with Gasteiger partial charge in [-0.15, -0.1) is 11.8 Å². The molecule has 0 N–H and O–H groups in total. The molecule has 1 fully saturated rings. The Morgan fingerprint density at radius 2 is 1.90 bits per heavy atom. The second-order valence-electron chi connectivity index (χ2n) is 10.6. The molecular weight excluding hydrogens is 558 g/mol. The molecule has 0 aliphatic carbocycles. The lowest BCUT2D eigenvalue weighted by Gasteiger charge is -2.40. The summed E-state index contributed by atoms with van der Waals surface area (Å²) in [6.45, 7) is 12.4. The monoisotopic (exact) mass is 590 g/mol. The van der Waals surface area contributed by atoms with Gasteiger partial charge in [-0.25, -0.2) is 23.1 Å². The third kappa shape index (κ3) is 5.17. The second-order valence-corrected chi connectivity index (χ2v) is 11.5. The van der Waals surface area contributed by atoms with Crippen molar-refractivity contribution >= 4 is 34.5 Å². The molecule has 1 aliphatic heterocycles. The Labute approximate surface area is 247 Å². The minimum Gasteiger partial charge on any atom is -0.350 e. The zero-order valence-corrected chi connectivity index (χ0v) is 25.0. The maximum atomic E-state index is 16.0. The van der Waals surface area contributed by atoms with Gasteiger partial charge in [-0.3, -0.25) is 9.78 Å². The van der Waals surface area contributed by atoms with Crippen molar-refractivity contribution in [3.8, 4) is 16.9 Å². The lowest BCUT2D eigenvalue weighted by Crippen LogP contribution is -2.54. The molecular formula is C31H32F2N6O2S. The summed E-state index contributed by atoms with van der Waals surface area (Å²) in [5.41, 5.74) is 1.25. The molecule has 1 aromatic carbocycles. The minimum atomic E-state index is -0.743. The number of rotatable bonds is 6. The van der Waals surface area contributed by atoms with Crippen LogP contribution in [-0.4, -0.2) is 62.3 Å². The van der Waals surface area contributed by atoms with Crippen LogP contribution >= 0.6 is 11.8 Å². The van der Waals surface area contributed by atoms with E-state index in [0.717, 1.165) is 10.5 Å². The predicted molar refractivity (Wildman–Crippen MR) is 162 cm³/mol. The summed E-state index contributed by atoms with van der Waals surface area (Å²) in [6.07, 6.45) is 4.79. The highest BCUT2D eigenvalue weighted by atomic mass is 32.2. The Bertz CT molecular complexity index is 1770. The molecule has 3 aromatic heterocycles. The molecule has 0 unspecified atom stereocenters. The quantitative estimate of drug-likeness (QED) is 0.217. The number of aryl methyl sites for hydroxylation is 1. The summed E-state index contributed by atoms with van der Waals surface area (Å²) < 4.78 is 32.4. The maximum Gasteiger partial charge on any atom is 0.355 e. The van der Waals surface area contributed by atoms with Crippen molar-refractivity contribution in [1.29, 1.82) is 0 Å².